The van der Waals surface area contributed by atoms with E-state index in [2.05, 4.69) is 10.3 Å². The van der Waals surface area contributed by atoms with E-state index in [0.29, 0.717) is 29.4 Å². The first-order valence-electron chi connectivity index (χ1n) is 11.8. The molecule has 0 spiro atoms. The van der Waals surface area contributed by atoms with Crippen LogP contribution in [-0.2, 0) is 9.59 Å². The number of imide groups is 1. The van der Waals surface area contributed by atoms with Gasteiger partial charge in [0.15, 0.2) is 11.5 Å². The zero-order valence-electron chi connectivity index (χ0n) is 21.3. The van der Waals surface area contributed by atoms with Gasteiger partial charge in [0, 0.05) is 17.8 Å². The lowest BCUT2D eigenvalue weighted by Gasteiger charge is -2.13. The molecule has 3 amide bonds. The van der Waals surface area contributed by atoms with E-state index < -0.39 is 28.5 Å². The molecule has 1 N–H and O–H groups in total. The highest BCUT2D eigenvalue weighted by atomic mass is 32.2. The number of rotatable bonds is 9. The van der Waals surface area contributed by atoms with Crippen molar-refractivity contribution in [3.8, 4) is 17.4 Å². The van der Waals surface area contributed by atoms with Crippen LogP contribution in [0.2, 0.25) is 0 Å². The summed E-state index contributed by atoms with van der Waals surface area (Å²) in [5, 5.41) is 13.0. The van der Waals surface area contributed by atoms with Crippen LogP contribution in [0.3, 0.4) is 0 Å². The van der Waals surface area contributed by atoms with Crippen LogP contribution in [-0.4, -0.2) is 45.0 Å². The Hall–Kier alpha value is -4.71. The van der Waals surface area contributed by atoms with Crippen LogP contribution in [0.5, 0.6) is 17.4 Å². The molecule has 2 heterocycles. The first kappa shape index (κ1) is 27.3. The molecule has 1 aliphatic rings. The molecule has 0 atom stereocenters. The van der Waals surface area contributed by atoms with Gasteiger partial charge in [-0.15, -0.1) is 0 Å². The minimum Gasteiger partial charge on any atom is -0.490 e. The molecule has 0 bridgehead atoms. The minimum absolute atomic E-state index is 0.134. The summed E-state index contributed by atoms with van der Waals surface area (Å²) in [7, 11) is 0. The second kappa shape index (κ2) is 11.8. The van der Waals surface area contributed by atoms with E-state index in [1.807, 2.05) is 19.9 Å². The predicted molar refractivity (Wildman–Crippen MR) is 146 cm³/mol. The Morgan fingerprint density at radius 1 is 1.10 bits per heavy atom. The van der Waals surface area contributed by atoms with Crippen LogP contribution in [0.1, 0.15) is 23.6 Å². The smallest absolute Gasteiger partial charge is 0.294 e. The molecule has 0 unspecified atom stereocenters. The number of thioether (sulfide) groups is 1. The topological polar surface area (TPSA) is 141 Å². The van der Waals surface area contributed by atoms with Gasteiger partial charge in [0.25, 0.3) is 16.8 Å². The monoisotopic (exact) mass is 548 g/mol. The van der Waals surface area contributed by atoms with Crippen LogP contribution in [0, 0.1) is 24.0 Å². The van der Waals surface area contributed by atoms with Crippen molar-refractivity contribution in [1.82, 2.24) is 9.88 Å². The second-order valence-corrected chi connectivity index (χ2v) is 9.54. The lowest BCUT2D eigenvalue weighted by molar-refractivity contribution is -0.385. The number of amides is 3. The van der Waals surface area contributed by atoms with Crippen molar-refractivity contribution in [3.05, 3.63) is 86.4 Å². The Bertz CT molecular complexity index is 1470. The lowest BCUT2D eigenvalue weighted by atomic mass is 10.1. The number of pyridine rings is 1. The lowest BCUT2D eigenvalue weighted by Crippen LogP contribution is -2.36. The Morgan fingerprint density at radius 3 is 2.49 bits per heavy atom. The molecule has 2 aromatic carbocycles. The SMILES string of the molecule is CCOc1cc(/C=C2\SC(=O)N(CC(=O)Nc3cc(C)cc(C)c3)C2=O)ccc1Oc1ccc([N+](=O)[O-])cn1. The molecule has 12 heteroatoms. The number of hydrogen-bond donors (Lipinski definition) is 1. The molecular weight excluding hydrogens is 524 g/mol. The number of nitrogens with zero attached hydrogens (tertiary/aromatic N) is 3. The summed E-state index contributed by atoms with van der Waals surface area (Å²) >= 11 is 0.741. The van der Waals surface area contributed by atoms with Crippen molar-refractivity contribution < 1.29 is 28.8 Å². The fraction of sp³-hybridized carbons (Fsp3) is 0.185. The summed E-state index contributed by atoms with van der Waals surface area (Å²) in [5.74, 6) is -0.267. The summed E-state index contributed by atoms with van der Waals surface area (Å²) in [4.78, 5) is 53.3. The number of nitro groups is 1. The highest BCUT2D eigenvalue weighted by Crippen LogP contribution is 2.36. The molecule has 0 aliphatic carbocycles. The van der Waals surface area contributed by atoms with Gasteiger partial charge in [-0.3, -0.25) is 29.4 Å². The van der Waals surface area contributed by atoms with Gasteiger partial charge in [0.2, 0.25) is 11.8 Å². The van der Waals surface area contributed by atoms with Gasteiger partial charge in [-0.2, -0.15) is 0 Å². The molecule has 11 nitrogen and oxygen atoms in total. The van der Waals surface area contributed by atoms with Crippen LogP contribution < -0.4 is 14.8 Å². The Balaban J connectivity index is 1.47. The molecule has 0 radical (unpaired) electrons. The van der Waals surface area contributed by atoms with Gasteiger partial charge < -0.3 is 14.8 Å². The van der Waals surface area contributed by atoms with Crippen molar-refractivity contribution in [1.29, 1.82) is 0 Å². The first-order chi connectivity index (χ1) is 18.6. The van der Waals surface area contributed by atoms with Crippen LogP contribution in [0.25, 0.3) is 6.08 Å². The molecule has 1 fully saturated rings. The molecule has 0 saturated carbocycles. The van der Waals surface area contributed by atoms with Crippen molar-refractivity contribution >= 4 is 46.3 Å². The van der Waals surface area contributed by atoms with Crippen molar-refractivity contribution in [2.24, 2.45) is 0 Å². The van der Waals surface area contributed by atoms with Crippen molar-refractivity contribution in [2.45, 2.75) is 20.8 Å². The third-order valence-electron chi connectivity index (χ3n) is 5.39. The summed E-state index contributed by atoms with van der Waals surface area (Å²) in [5.41, 5.74) is 2.94. The van der Waals surface area contributed by atoms with E-state index >= 15 is 0 Å². The average molecular weight is 549 g/mol. The maximum Gasteiger partial charge on any atom is 0.294 e. The molecule has 200 valence electrons. The van der Waals surface area contributed by atoms with Gasteiger partial charge in [0.05, 0.1) is 16.4 Å². The quantitative estimate of drug-likeness (QED) is 0.209. The number of aromatic nitrogens is 1. The summed E-state index contributed by atoms with van der Waals surface area (Å²) in [6.07, 6.45) is 2.62. The Morgan fingerprint density at radius 2 is 1.85 bits per heavy atom. The third-order valence-corrected chi connectivity index (χ3v) is 6.30. The number of nitrogens with one attached hydrogen (secondary N) is 1. The highest BCUT2D eigenvalue weighted by molar-refractivity contribution is 8.18. The van der Waals surface area contributed by atoms with Gasteiger partial charge in [-0.25, -0.2) is 4.98 Å². The Labute approximate surface area is 228 Å². The first-order valence-corrected chi connectivity index (χ1v) is 12.6. The number of hydrogen-bond acceptors (Lipinski definition) is 9. The highest BCUT2D eigenvalue weighted by Gasteiger charge is 2.36. The number of ether oxygens (including phenoxy) is 2. The van der Waals surface area contributed by atoms with E-state index in [-0.39, 0.29) is 16.5 Å². The van der Waals surface area contributed by atoms with Gasteiger partial charge in [0.1, 0.15) is 12.7 Å². The van der Waals surface area contributed by atoms with E-state index in [1.165, 1.54) is 18.2 Å². The summed E-state index contributed by atoms with van der Waals surface area (Å²) in [6.45, 7) is 5.51. The zero-order chi connectivity index (χ0) is 28.1. The van der Waals surface area contributed by atoms with E-state index in [0.717, 1.165) is 34.0 Å². The third kappa shape index (κ3) is 6.79. The number of carbonyl (C=O) groups is 3. The van der Waals surface area contributed by atoms with E-state index in [4.69, 9.17) is 9.47 Å². The minimum atomic E-state index is -0.575. The number of anilines is 1. The van der Waals surface area contributed by atoms with Crippen LogP contribution >= 0.6 is 11.8 Å². The van der Waals surface area contributed by atoms with Gasteiger partial charge >= 0.3 is 0 Å². The van der Waals surface area contributed by atoms with Gasteiger partial charge in [-0.1, -0.05) is 12.1 Å². The van der Waals surface area contributed by atoms with Crippen molar-refractivity contribution in [2.75, 3.05) is 18.5 Å². The molecule has 1 aliphatic heterocycles. The molecule has 1 saturated heterocycles. The summed E-state index contributed by atoms with van der Waals surface area (Å²) in [6, 6.07) is 13.1. The number of aryl methyl sites for hydroxylation is 2. The van der Waals surface area contributed by atoms with Crippen LogP contribution in [0.15, 0.2) is 59.6 Å². The standard InChI is InChI=1S/C27H24N4O7S/c1-4-37-22-12-18(5-7-21(22)38-25-8-6-20(14-28-25)31(35)36)13-23-26(33)30(27(34)39-23)15-24(32)29-19-10-16(2)9-17(3)11-19/h5-14H,4,15H2,1-3H3,(H,29,32)/b23-13-. The molecule has 4 rings (SSSR count). The average Bonchev–Trinajstić information content (AvgIpc) is 3.12. The Kier molecular flexibility index (Phi) is 8.25. The fourth-order valence-corrected chi connectivity index (χ4v) is 4.64. The largest absolute Gasteiger partial charge is 0.490 e. The maximum atomic E-state index is 12.9. The van der Waals surface area contributed by atoms with Crippen LogP contribution in [0.4, 0.5) is 16.2 Å². The second-order valence-electron chi connectivity index (χ2n) is 8.55. The fourth-order valence-electron chi connectivity index (χ4n) is 3.80. The molecule has 3 aromatic rings. The molecular formula is C27H24N4O7S. The maximum absolute atomic E-state index is 12.9. The van der Waals surface area contributed by atoms with Crippen molar-refractivity contribution in [3.63, 3.8) is 0 Å². The predicted octanol–water partition coefficient (Wildman–Crippen LogP) is 5.47. The normalized spacial score (nSPS) is 14.0. The number of benzene rings is 2. The van der Waals surface area contributed by atoms with E-state index in [1.54, 1.807) is 37.3 Å². The van der Waals surface area contributed by atoms with E-state index in [9.17, 15) is 24.5 Å². The molecule has 1 aromatic heterocycles. The zero-order valence-corrected chi connectivity index (χ0v) is 22.1. The number of carbonyl (C=O) groups excluding carboxylic acids is 3. The van der Waals surface area contributed by atoms with Gasteiger partial charge in [-0.05, 0) is 79.6 Å². The summed E-state index contributed by atoms with van der Waals surface area (Å²) < 4.78 is 11.4. The molecule has 39 heavy (non-hydrogen) atoms.